The average molecular weight is 346 g/mol. The second-order valence-corrected chi connectivity index (χ2v) is 6.06. The summed E-state index contributed by atoms with van der Waals surface area (Å²) >= 11 is 3.51. The Bertz CT molecular complexity index is 435. The summed E-state index contributed by atoms with van der Waals surface area (Å²) in [5.41, 5.74) is 1.11. The number of aliphatic hydroxyl groups excluding tert-OH is 1. The topological polar surface area (TPSA) is 50.7 Å². The predicted octanol–water partition coefficient (Wildman–Crippen LogP) is 3.10. The molecule has 5 heteroatoms. The quantitative estimate of drug-likeness (QED) is 0.797. The Kier molecular flexibility index (Phi) is 6.79. The van der Waals surface area contributed by atoms with Crippen LogP contribution in [0.25, 0.3) is 0 Å². The first kappa shape index (κ1) is 17.3. The van der Waals surface area contributed by atoms with E-state index in [4.69, 9.17) is 9.47 Å². The summed E-state index contributed by atoms with van der Waals surface area (Å²) in [4.78, 5) is 0. The molecule has 0 aliphatic heterocycles. The molecular formula is C15H24BrNO3. The van der Waals surface area contributed by atoms with Crippen molar-refractivity contribution in [1.82, 2.24) is 5.32 Å². The zero-order chi connectivity index (χ0) is 15.3. The van der Waals surface area contributed by atoms with E-state index in [0.717, 1.165) is 16.6 Å². The summed E-state index contributed by atoms with van der Waals surface area (Å²) in [5, 5.41) is 12.9. The summed E-state index contributed by atoms with van der Waals surface area (Å²) in [6.45, 7) is 8.50. The number of methoxy groups -OCH3 is 1. The first-order valence-corrected chi connectivity index (χ1v) is 7.59. The fourth-order valence-corrected chi connectivity index (χ4v) is 2.18. The largest absolute Gasteiger partial charge is 0.493 e. The molecule has 0 amide bonds. The highest BCUT2D eigenvalue weighted by atomic mass is 79.9. The smallest absolute Gasteiger partial charge is 0.175 e. The van der Waals surface area contributed by atoms with Gasteiger partial charge in [0.1, 0.15) is 6.10 Å². The second kappa shape index (κ2) is 7.86. The number of halogens is 1. The van der Waals surface area contributed by atoms with Crippen molar-refractivity contribution in [3.8, 4) is 11.5 Å². The molecule has 0 bridgehead atoms. The van der Waals surface area contributed by atoms with Gasteiger partial charge in [0.2, 0.25) is 0 Å². The van der Waals surface area contributed by atoms with Gasteiger partial charge < -0.3 is 19.9 Å². The molecule has 20 heavy (non-hydrogen) atoms. The third-order valence-electron chi connectivity index (χ3n) is 2.99. The van der Waals surface area contributed by atoms with Crippen molar-refractivity contribution in [1.29, 1.82) is 0 Å². The van der Waals surface area contributed by atoms with Gasteiger partial charge >= 0.3 is 0 Å². The number of rotatable bonds is 7. The van der Waals surface area contributed by atoms with E-state index in [1.54, 1.807) is 14.0 Å². The Hall–Kier alpha value is -0.780. The van der Waals surface area contributed by atoms with Crippen molar-refractivity contribution < 1.29 is 14.6 Å². The van der Waals surface area contributed by atoms with Gasteiger partial charge in [-0.25, -0.2) is 0 Å². The monoisotopic (exact) mass is 345 g/mol. The number of hydrogen-bond acceptors (Lipinski definition) is 4. The molecule has 1 rings (SSSR count). The molecule has 2 unspecified atom stereocenters. The predicted molar refractivity (Wildman–Crippen MR) is 84.4 cm³/mol. The molecule has 0 aliphatic rings. The van der Waals surface area contributed by atoms with E-state index in [-0.39, 0.29) is 6.10 Å². The van der Waals surface area contributed by atoms with Gasteiger partial charge in [0, 0.05) is 12.6 Å². The van der Waals surface area contributed by atoms with Crippen LogP contribution < -0.4 is 14.8 Å². The molecule has 0 radical (unpaired) electrons. The molecule has 0 saturated carbocycles. The number of nitrogens with one attached hydrogen (secondary N) is 1. The molecule has 4 nitrogen and oxygen atoms in total. The van der Waals surface area contributed by atoms with Crippen molar-refractivity contribution in [2.45, 2.75) is 52.5 Å². The van der Waals surface area contributed by atoms with Crippen molar-refractivity contribution in [2.24, 2.45) is 0 Å². The maximum absolute atomic E-state index is 9.55. The maximum Gasteiger partial charge on any atom is 0.175 e. The van der Waals surface area contributed by atoms with Crippen molar-refractivity contribution in [3.05, 3.63) is 22.2 Å². The van der Waals surface area contributed by atoms with Gasteiger partial charge in [0.15, 0.2) is 11.5 Å². The highest BCUT2D eigenvalue weighted by Gasteiger charge is 2.17. The minimum absolute atomic E-state index is 0.306. The summed E-state index contributed by atoms with van der Waals surface area (Å²) in [6, 6.07) is 4.37. The average Bonchev–Trinajstić information content (AvgIpc) is 2.38. The molecule has 1 aromatic rings. The zero-order valence-corrected chi connectivity index (χ0v) is 14.3. The first-order valence-electron chi connectivity index (χ1n) is 6.79. The molecular weight excluding hydrogens is 322 g/mol. The van der Waals surface area contributed by atoms with Crippen LogP contribution in [0.5, 0.6) is 11.5 Å². The molecule has 1 aromatic carbocycles. The Morgan fingerprint density at radius 1 is 1.25 bits per heavy atom. The third-order valence-corrected chi connectivity index (χ3v) is 3.58. The summed E-state index contributed by atoms with van der Waals surface area (Å²) in [6.07, 6.45) is -0.853. The number of aliphatic hydroxyl groups is 1. The van der Waals surface area contributed by atoms with Crippen molar-refractivity contribution in [2.75, 3.05) is 7.11 Å². The van der Waals surface area contributed by atoms with Crippen molar-refractivity contribution >= 4 is 15.9 Å². The van der Waals surface area contributed by atoms with E-state index >= 15 is 0 Å². The molecule has 2 N–H and O–H groups in total. The van der Waals surface area contributed by atoms with E-state index in [9.17, 15) is 5.11 Å². The molecule has 2 atom stereocenters. The lowest BCUT2D eigenvalue weighted by Gasteiger charge is -2.21. The van der Waals surface area contributed by atoms with Crippen LogP contribution in [-0.2, 0) is 6.54 Å². The normalized spacial score (nSPS) is 14.2. The minimum Gasteiger partial charge on any atom is -0.493 e. The summed E-state index contributed by atoms with van der Waals surface area (Å²) in [5.74, 6) is 1.28. The van der Waals surface area contributed by atoms with Crippen LogP contribution in [0, 0.1) is 0 Å². The van der Waals surface area contributed by atoms with Gasteiger partial charge in [-0.05, 0) is 47.5 Å². The molecule has 0 saturated heterocycles. The first-order chi connectivity index (χ1) is 9.35. The number of benzene rings is 1. The van der Waals surface area contributed by atoms with Gasteiger partial charge in [-0.1, -0.05) is 13.8 Å². The summed E-state index contributed by atoms with van der Waals surface area (Å²) < 4.78 is 12.0. The van der Waals surface area contributed by atoms with E-state index in [1.807, 2.05) is 19.1 Å². The Morgan fingerprint density at radius 3 is 2.40 bits per heavy atom. The fraction of sp³-hybridized carbons (Fsp3) is 0.600. The van der Waals surface area contributed by atoms with Crippen LogP contribution in [-0.4, -0.2) is 30.5 Å². The zero-order valence-electron chi connectivity index (χ0n) is 12.7. The SMILES string of the molecule is COc1cc(CNC(C)C)cc(Br)c1OC(C)C(C)O. The van der Waals surface area contributed by atoms with E-state index in [1.165, 1.54) is 0 Å². The number of hydrogen-bond donors (Lipinski definition) is 2. The lowest BCUT2D eigenvalue weighted by Crippen LogP contribution is -2.26. The maximum atomic E-state index is 9.55. The van der Waals surface area contributed by atoms with E-state index in [0.29, 0.717) is 17.5 Å². The van der Waals surface area contributed by atoms with Gasteiger partial charge in [-0.15, -0.1) is 0 Å². The standard InChI is InChI=1S/C15H24BrNO3/c1-9(2)17-8-12-6-13(16)15(14(7-12)19-5)20-11(4)10(3)18/h6-7,9-11,17-18H,8H2,1-5H3. The Balaban J connectivity index is 2.95. The van der Waals surface area contributed by atoms with Gasteiger partial charge in [-0.3, -0.25) is 0 Å². The highest BCUT2D eigenvalue weighted by Crippen LogP contribution is 2.37. The second-order valence-electron chi connectivity index (χ2n) is 5.21. The highest BCUT2D eigenvalue weighted by molar-refractivity contribution is 9.10. The molecule has 0 aromatic heterocycles. The van der Waals surface area contributed by atoms with Crippen LogP contribution in [0.4, 0.5) is 0 Å². The Morgan fingerprint density at radius 2 is 1.90 bits per heavy atom. The van der Waals surface area contributed by atoms with Gasteiger partial charge in [0.25, 0.3) is 0 Å². The summed E-state index contributed by atoms with van der Waals surface area (Å²) in [7, 11) is 1.61. The van der Waals surface area contributed by atoms with Crippen LogP contribution in [0.2, 0.25) is 0 Å². The number of ether oxygens (including phenoxy) is 2. The van der Waals surface area contributed by atoms with Crippen molar-refractivity contribution in [3.63, 3.8) is 0 Å². The van der Waals surface area contributed by atoms with Crippen LogP contribution in [0.1, 0.15) is 33.3 Å². The molecule has 0 spiro atoms. The van der Waals surface area contributed by atoms with Crippen LogP contribution in [0.15, 0.2) is 16.6 Å². The molecule has 114 valence electrons. The van der Waals surface area contributed by atoms with Gasteiger partial charge in [-0.2, -0.15) is 0 Å². The molecule has 0 fully saturated rings. The third kappa shape index (κ3) is 4.96. The van der Waals surface area contributed by atoms with E-state index in [2.05, 4.69) is 35.1 Å². The fourth-order valence-electron chi connectivity index (χ4n) is 1.60. The molecule has 0 aliphatic carbocycles. The molecule has 0 heterocycles. The lowest BCUT2D eigenvalue weighted by atomic mass is 10.2. The van der Waals surface area contributed by atoms with Crippen LogP contribution >= 0.6 is 15.9 Å². The van der Waals surface area contributed by atoms with Gasteiger partial charge in [0.05, 0.1) is 17.7 Å². The lowest BCUT2D eigenvalue weighted by molar-refractivity contribution is 0.0581. The minimum atomic E-state index is -0.547. The van der Waals surface area contributed by atoms with Crippen LogP contribution in [0.3, 0.4) is 0 Å². The Labute approximate surface area is 129 Å². The van der Waals surface area contributed by atoms with E-state index < -0.39 is 6.10 Å².